The summed E-state index contributed by atoms with van der Waals surface area (Å²) in [7, 11) is 1.61. The molecule has 1 aromatic rings. The van der Waals surface area contributed by atoms with Crippen molar-refractivity contribution >= 4 is 18.1 Å². The molecule has 0 heterocycles. The SMILES string of the molecule is CC(=O)O.COc1ccc(C=NN=C(N)N)cc1. The molecule has 7 heteroatoms. The molecule has 1 aromatic carbocycles. The Labute approximate surface area is 105 Å². The summed E-state index contributed by atoms with van der Waals surface area (Å²) in [5, 5.41) is 14.6. The molecular weight excluding hydrogens is 236 g/mol. The molecule has 0 radical (unpaired) electrons. The first kappa shape index (κ1) is 15.4. The van der Waals surface area contributed by atoms with Gasteiger partial charge in [-0.25, -0.2) is 0 Å². The first-order valence-electron chi connectivity index (χ1n) is 4.91. The lowest BCUT2D eigenvalue weighted by atomic mass is 10.2. The van der Waals surface area contributed by atoms with Gasteiger partial charge in [0.05, 0.1) is 13.3 Å². The van der Waals surface area contributed by atoms with E-state index in [0.717, 1.165) is 18.2 Å². The Hall–Kier alpha value is -2.57. The average molecular weight is 252 g/mol. The Morgan fingerprint density at radius 3 is 2.22 bits per heavy atom. The molecule has 1 rings (SSSR count). The molecule has 0 spiro atoms. The van der Waals surface area contributed by atoms with E-state index in [9.17, 15) is 0 Å². The maximum absolute atomic E-state index is 9.00. The molecule has 5 N–H and O–H groups in total. The van der Waals surface area contributed by atoms with E-state index >= 15 is 0 Å². The number of hydrogen-bond acceptors (Lipinski definition) is 4. The van der Waals surface area contributed by atoms with Crippen molar-refractivity contribution in [2.75, 3.05) is 7.11 Å². The van der Waals surface area contributed by atoms with Crippen LogP contribution >= 0.6 is 0 Å². The molecule has 0 fully saturated rings. The summed E-state index contributed by atoms with van der Waals surface area (Å²) in [5.74, 6) is -0.0984. The maximum Gasteiger partial charge on any atom is 0.300 e. The van der Waals surface area contributed by atoms with Crippen LogP contribution in [0.15, 0.2) is 34.5 Å². The second-order valence-corrected chi connectivity index (χ2v) is 3.06. The van der Waals surface area contributed by atoms with Crippen LogP contribution < -0.4 is 16.2 Å². The van der Waals surface area contributed by atoms with Crippen LogP contribution in [0.1, 0.15) is 12.5 Å². The van der Waals surface area contributed by atoms with Gasteiger partial charge in [-0.2, -0.15) is 5.10 Å². The fourth-order valence-electron chi connectivity index (χ4n) is 0.852. The Kier molecular flexibility index (Phi) is 7.34. The molecular formula is C11H16N4O3. The minimum absolute atomic E-state index is 0.0604. The number of aliphatic carboxylic acids is 1. The van der Waals surface area contributed by atoms with Gasteiger partial charge in [-0.1, -0.05) is 0 Å². The van der Waals surface area contributed by atoms with E-state index in [4.69, 9.17) is 26.1 Å². The van der Waals surface area contributed by atoms with Crippen LogP contribution in [0.2, 0.25) is 0 Å². The highest BCUT2D eigenvalue weighted by atomic mass is 16.5. The second kappa shape index (κ2) is 8.57. The van der Waals surface area contributed by atoms with E-state index < -0.39 is 5.97 Å². The molecule has 0 unspecified atom stereocenters. The van der Waals surface area contributed by atoms with Crippen LogP contribution in [0, 0.1) is 0 Å². The van der Waals surface area contributed by atoms with Crippen molar-refractivity contribution in [1.82, 2.24) is 0 Å². The number of guanidine groups is 1. The van der Waals surface area contributed by atoms with E-state index in [2.05, 4.69) is 10.2 Å². The highest BCUT2D eigenvalue weighted by Gasteiger charge is 1.89. The van der Waals surface area contributed by atoms with E-state index in [0.29, 0.717) is 0 Å². The molecule has 0 aliphatic carbocycles. The van der Waals surface area contributed by atoms with Gasteiger partial charge in [0, 0.05) is 6.92 Å². The van der Waals surface area contributed by atoms with Crippen LogP contribution in [0.4, 0.5) is 0 Å². The number of nitrogens with zero attached hydrogens (tertiary/aromatic N) is 2. The summed E-state index contributed by atoms with van der Waals surface area (Å²) < 4.78 is 5.00. The van der Waals surface area contributed by atoms with Crippen LogP contribution in [-0.2, 0) is 4.79 Å². The summed E-state index contributed by atoms with van der Waals surface area (Å²) in [6.07, 6.45) is 1.55. The molecule has 0 saturated carbocycles. The minimum atomic E-state index is -0.833. The molecule has 0 bridgehead atoms. The Balaban J connectivity index is 0.000000631. The average Bonchev–Trinajstić information content (AvgIpc) is 2.29. The summed E-state index contributed by atoms with van der Waals surface area (Å²) in [6.45, 7) is 1.08. The van der Waals surface area contributed by atoms with Gasteiger partial charge in [-0.05, 0) is 29.8 Å². The molecule has 0 atom stereocenters. The highest BCUT2D eigenvalue weighted by Crippen LogP contribution is 2.09. The number of nitrogens with two attached hydrogens (primary N) is 2. The number of ether oxygens (including phenoxy) is 1. The fourth-order valence-corrected chi connectivity index (χ4v) is 0.852. The number of benzene rings is 1. The Morgan fingerprint density at radius 2 is 1.83 bits per heavy atom. The molecule has 0 amide bonds. The zero-order chi connectivity index (χ0) is 14.0. The van der Waals surface area contributed by atoms with Gasteiger partial charge in [0.25, 0.3) is 5.97 Å². The highest BCUT2D eigenvalue weighted by molar-refractivity contribution is 5.81. The standard InChI is InChI=1S/C9H12N4O.C2H4O2/c1-14-8-4-2-7(3-5-8)6-12-13-9(10)11;1-2(3)4/h2-6H,1H3,(H4,10,11,13);1H3,(H,3,4). The fraction of sp³-hybridized carbons (Fsp3) is 0.182. The van der Waals surface area contributed by atoms with Gasteiger partial charge >= 0.3 is 0 Å². The van der Waals surface area contributed by atoms with Crippen LogP contribution in [0.5, 0.6) is 5.75 Å². The van der Waals surface area contributed by atoms with Crippen molar-refractivity contribution in [3.05, 3.63) is 29.8 Å². The topological polar surface area (TPSA) is 123 Å². The monoisotopic (exact) mass is 252 g/mol. The van der Waals surface area contributed by atoms with Crippen molar-refractivity contribution in [2.24, 2.45) is 21.7 Å². The smallest absolute Gasteiger partial charge is 0.300 e. The largest absolute Gasteiger partial charge is 0.497 e. The van der Waals surface area contributed by atoms with Crippen molar-refractivity contribution in [1.29, 1.82) is 0 Å². The molecule has 0 aliphatic rings. The third kappa shape index (κ3) is 8.72. The van der Waals surface area contributed by atoms with Crippen LogP contribution in [-0.4, -0.2) is 30.4 Å². The Bertz CT molecular complexity index is 418. The molecule has 0 aliphatic heterocycles. The van der Waals surface area contributed by atoms with Gasteiger partial charge < -0.3 is 21.3 Å². The molecule has 98 valence electrons. The first-order valence-corrected chi connectivity index (χ1v) is 4.91. The predicted octanol–water partition coefficient (Wildman–Crippen LogP) is 0.393. The summed E-state index contributed by atoms with van der Waals surface area (Å²) in [5.41, 5.74) is 11.1. The quantitative estimate of drug-likeness (QED) is 0.408. The molecule has 7 nitrogen and oxygen atoms in total. The van der Waals surface area contributed by atoms with Crippen molar-refractivity contribution < 1.29 is 14.6 Å². The zero-order valence-corrected chi connectivity index (χ0v) is 10.2. The van der Waals surface area contributed by atoms with Gasteiger partial charge in [0.1, 0.15) is 5.75 Å². The number of methoxy groups -OCH3 is 1. The van der Waals surface area contributed by atoms with Gasteiger partial charge in [-0.15, -0.1) is 5.10 Å². The minimum Gasteiger partial charge on any atom is -0.497 e. The van der Waals surface area contributed by atoms with Gasteiger partial charge in [-0.3, -0.25) is 4.79 Å². The third-order valence-electron chi connectivity index (χ3n) is 1.50. The van der Waals surface area contributed by atoms with Crippen LogP contribution in [0.25, 0.3) is 0 Å². The molecule has 0 aromatic heterocycles. The van der Waals surface area contributed by atoms with Gasteiger partial charge in [0.2, 0.25) is 5.96 Å². The Morgan fingerprint density at radius 1 is 1.33 bits per heavy atom. The van der Waals surface area contributed by atoms with E-state index in [1.54, 1.807) is 13.3 Å². The summed E-state index contributed by atoms with van der Waals surface area (Å²) in [4.78, 5) is 9.00. The third-order valence-corrected chi connectivity index (χ3v) is 1.50. The second-order valence-electron chi connectivity index (χ2n) is 3.06. The number of hydrogen-bond donors (Lipinski definition) is 3. The van der Waals surface area contributed by atoms with Crippen molar-refractivity contribution in [3.63, 3.8) is 0 Å². The van der Waals surface area contributed by atoms with Crippen molar-refractivity contribution in [2.45, 2.75) is 6.92 Å². The lowest BCUT2D eigenvalue weighted by Gasteiger charge is -1.97. The number of rotatable bonds is 3. The van der Waals surface area contributed by atoms with E-state index in [1.165, 1.54) is 0 Å². The lowest BCUT2D eigenvalue weighted by molar-refractivity contribution is -0.134. The normalized spacial score (nSPS) is 9.22. The molecule has 0 saturated heterocycles. The number of carboxylic acids is 1. The maximum atomic E-state index is 9.00. The first-order chi connectivity index (χ1) is 8.45. The number of carboxylic acid groups (broad SMARTS) is 1. The van der Waals surface area contributed by atoms with E-state index in [1.807, 2.05) is 24.3 Å². The number of carbonyl (C=O) groups is 1. The van der Waals surface area contributed by atoms with Crippen LogP contribution in [0.3, 0.4) is 0 Å². The van der Waals surface area contributed by atoms with Gasteiger partial charge in [0.15, 0.2) is 0 Å². The summed E-state index contributed by atoms with van der Waals surface area (Å²) >= 11 is 0. The lowest BCUT2D eigenvalue weighted by Crippen LogP contribution is -2.21. The summed E-state index contributed by atoms with van der Waals surface area (Å²) in [6, 6.07) is 7.36. The van der Waals surface area contributed by atoms with E-state index in [-0.39, 0.29) is 5.96 Å². The molecule has 18 heavy (non-hydrogen) atoms. The van der Waals surface area contributed by atoms with Crippen molar-refractivity contribution in [3.8, 4) is 5.75 Å². The predicted molar refractivity (Wildman–Crippen MR) is 69.7 cm³/mol. The zero-order valence-electron chi connectivity index (χ0n) is 10.2.